The van der Waals surface area contributed by atoms with Crippen LogP contribution in [-0.2, 0) is 22.7 Å². The van der Waals surface area contributed by atoms with Gasteiger partial charge in [-0.05, 0) is 48.2 Å². The third kappa shape index (κ3) is 5.63. The minimum absolute atomic E-state index is 0.0372. The minimum Gasteiger partial charge on any atom is -0.497 e. The van der Waals surface area contributed by atoms with Gasteiger partial charge in [0.1, 0.15) is 23.9 Å². The van der Waals surface area contributed by atoms with Gasteiger partial charge in [0.05, 0.1) is 12.6 Å². The summed E-state index contributed by atoms with van der Waals surface area (Å²) in [6.45, 7) is 0.199. The first-order valence-corrected chi connectivity index (χ1v) is 12.7. The van der Waals surface area contributed by atoms with Crippen LogP contribution in [0.3, 0.4) is 0 Å². The zero-order chi connectivity index (χ0) is 25.6. The number of aromatic nitrogens is 3. The highest BCUT2D eigenvalue weighted by Gasteiger charge is 2.33. The molecule has 2 amide bonds. The van der Waals surface area contributed by atoms with E-state index in [1.54, 1.807) is 16.7 Å². The maximum Gasteiger partial charge on any atom is 0.247 e. The van der Waals surface area contributed by atoms with Crippen molar-refractivity contribution in [3.63, 3.8) is 0 Å². The molecule has 0 bridgehead atoms. The molecule has 0 spiro atoms. The molecule has 1 aliphatic rings. The molecule has 1 aromatic heterocycles. The zero-order valence-corrected chi connectivity index (χ0v) is 20.9. The molecule has 8 heteroatoms. The number of amides is 2. The fourth-order valence-electron chi connectivity index (χ4n) is 5.00. The van der Waals surface area contributed by atoms with Crippen LogP contribution in [0.4, 0.5) is 0 Å². The number of hydrogen-bond donors (Lipinski definition) is 1. The van der Waals surface area contributed by atoms with E-state index in [0.717, 1.165) is 42.3 Å². The first-order valence-electron chi connectivity index (χ1n) is 12.7. The predicted molar refractivity (Wildman–Crippen MR) is 141 cm³/mol. The molecule has 190 valence electrons. The maximum atomic E-state index is 14.0. The van der Waals surface area contributed by atoms with Gasteiger partial charge in [-0.25, -0.2) is 4.68 Å². The number of benzene rings is 3. The van der Waals surface area contributed by atoms with Gasteiger partial charge in [-0.2, -0.15) is 0 Å². The molecular weight excluding hydrogens is 466 g/mol. The van der Waals surface area contributed by atoms with Crippen molar-refractivity contribution in [2.75, 3.05) is 7.11 Å². The van der Waals surface area contributed by atoms with Crippen LogP contribution in [0.5, 0.6) is 5.75 Å². The lowest BCUT2D eigenvalue weighted by atomic mass is 10.0. The Hall–Kier alpha value is -4.20. The number of nitrogens with zero attached hydrogens (tertiary/aromatic N) is 4. The Morgan fingerprint density at radius 2 is 1.78 bits per heavy atom. The standard InChI is InChI=1S/C29H31N5O3/c1-37-24-15-9-10-21(18-24)19-33(27(35)20-34-26-17-8-7-16-25(26)31-32-34)28(22-11-3-2-4-12-22)29(36)30-23-13-5-6-14-23/h2-4,7-12,15-18,23,28H,5-6,13-14,19-20H2,1H3,(H,30,36). The third-order valence-corrected chi connectivity index (χ3v) is 6.89. The molecular formula is C29H31N5O3. The number of fused-ring (bicyclic) bond motifs is 1. The Morgan fingerprint density at radius 3 is 2.57 bits per heavy atom. The van der Waals surface area contributed by atoms with Crippen LogP contribution >= 0.6 is 0 Å². The number of nitrogens with one attached hydrogen (secondary N) is 1. The van der Waals surface area contributed by atoms with Gasteiger partial charge in [0, 0.05) is 12.6 Å². The summed E-state index contributed by atoms with van der Waals surface area (Å²) >= 11 is 0. The van der Waals surface area contributed by atoms with E-state index in [4.69, 9.17) is 4.74 Å². The van der Waals surface area contributed by atoms with Gasteiger partial charge < -0.3 is 15.0 Å². The topological polar surface area (TPSA) is 89.3 Å². The Labute approximate surface area is 216 Å². The summed E-state index contributed by atoms with van der Waals surface area (Å²) in [5.41, 5.74) is 3.11. The Kier molecular flexibility index (Phi) is 7.44. The summed E-state index contributed by atoms with van der Waals surface area (Å²) in [6.07, 6.45) is 4.13. The molecule has 1 atom stereocenters. The summed E-state index contributed by atoms with van der Waals surface area (Å²) in [6, 6.07) is 23.9. The highest BCUT2D eigenvalue weighted by Crippen LogP contribution is 2.27. The Morgan fingerprint density at radius 1 is 1.03 bits per heavy atom. The quantitative estimate of drug-likeness (QED) is 0.373. The fourth-order valence-corrected chi connectivity index (χ4v) is 5.00. The molecule has 1 unspecified atom stereocenters. The second-order valence-electron chi connectivity index (χ2n) is 9.41. The monoisotopic (exact) mass is 497 g/mol. The van der Waals surface area contributed by atoms with E-state index < -0.39 is 6.04 Å². The summed E-state index contributed by atoms with van der Waals surface area (Å²) in [7, 11) is 1.61. The molecule has 1 N–H and O–H groups in total. The van der Waals surface area contributed by atoms with Crippen molar-refractivity contribution >= 4 is 22.8 Å². The van der Waals surface area contributed by atoms with Crippen LogP contribution in [0, 0.1) is 0 Å². The van der Waals surface area contributed by atoms with E-state index >= 15 is 0 Å². The lowest BCUT2D eigenvalue weighted by molar-refractivity contribution is -0.142. The molecule has 0 saturated heterocycles. The summed E-state index contributed by atoms with van der Waals surface area (Å²) in [4.78, 5) is 29.4. The maximum absolute atomic E-state index is 14.0. The fraction of sp³-hybridized carbons (Fsp3) is 0.310. The Bertz CT molecular complexity index is 1360. The summed E-state index contributed by atoms with van der Waals surface area (Å²) in [5, 5.41) is 11.6. The average molecular weight is 498 g/mol. The molecule has 0 aliphatic heterocycles. The second kappa shape index (κ2) is 11.2. The number of methoxy groups -OCH3 is 1. The van der Waals surface area contributed by atoms with Crippen molar-refractivity contribution in [3.8, 4) is 5.75 Å². The number of carbonyl (C=O) groups is 2. The SMILES string of the molecule is COc1cccc(CN(C(=O)Cn2nnc3ccccc32)C(C(=O)NC2CCCC2)c2ccccc2)c1. The second-order valence-corrected chi connectivity index (χ2v) is 9.41. The summed E-state index contributed by atoms with van der Waals surface area (Å²) in [5.74, 6) is 0.297. The molecule has 8 nitrogen and oxygen atoms in total. The molecule has 37 heavy (non-hydrogen) atoms. The highest BCUT2D eigenvalue weighted by atomic mass is 16.5. The molecule has 4 aromatic rings. The van der Waals surface area contributed by atoms with Gasteiger partial charge in [-0.15, -0.1) is 5.10 Å². The molecule has 1 fully saturated rings. The van der Waals surface area contributed by atoms with Gasteiger partial charge in [0.15, 0.2) is 0 Å². The summed E-state index contributed by atoms with van der Waals surface area (Å²) < 4.78 is 7.00. The molecule has 3 aromatic carbocycles. The number of rotatable bonds is 9. The molecule has 1 saturated carbocycles. The van der Waals surface area contributed by atoms with Crippen LogP contribution < -0.4 is 10.1 Å². The van der Waals surface area contributed by atoms with Gasteiger partial charge in [0.25, 0.3) is 0 Å². The predicted octanol–water partition coefficient (Wildman–Crippen LogP) is 4.27. The number of hydrogen-bond acceptors (Lipinski definition) is 5. The van der Waals surface area contributed by atoms with E-state index in [1.807, 2.05) is 78.9 Å². The largest absolute Gasteiger partial charge is 0.497 e. The van der Waals surface area contributed by atoms with Crippen molar-refractivity contribution < 1.29 is 14.3 Å². The van der Waals surface area contributed by atoms with Crippen LogP contribution in [0.1, 0.15) is 42.9 Å². The average Bonchev–Trinajstić information content (AvgIpc) is 3.59. The van der Waals surface area contributed by atoms with Crippen LogP contribution in [0.15, 0.2) is 78.9 Å². The van der Waals surface area contributed by atoms with Gasteiger partial charge in [-0.1, -0.05) is 72.7 Å². The van der Waals surface area contributed by atoms with Crippen molar-refractivity contribution in [1.29, 1.82) is 0 Å². The van der Waals surface area contributed by atoms with E-state index in [0.29, 0.717) is 11.3 Å². The lowest BCUT2D eigenvalue weighted by Gasteiger charge is -2.32. The molecule has 5 rings (SSSR count). The smallest absolute Gasteiger partial charge is 0.247 e. The normalized spacial score (nSPS) is 14.4. The first-order chi connectivity index (χ1) is 18.1. The van der Waals surface area contributed by atoms with Crippen LogP contribution in [0.2, 0.25) is 0 Å². The number of para-hydroxylation sites is 1. The highest BCUT2D eigenvalue weighted by molar-refractivity contribution is 5.89. The number of ether oxygens (including phenoxy) is 1. The first kappa shape index (κ1) is 24.5. The van der Waals surface area contributed by atoms with Crippen LogP contribution in [0.25, 0.3) is 11.0 Å². The van der Waals surface area contributed by atoms with E-state index in [-0.39, 0.29) is 30.9 Å². The van der Waals surface area contributed by atoms with Crippen molar-refractivity contribution in [2.45, 2.75) is 50.9 Å². The van der Waals surface area contributed by atoms with E-state index in [1.165, 1.54) is 0 Å². The van der Waals surface area contributed by atoms with Crippen molar-refractivity contribution in [1.82, 2.24) is 25.2 Å². The third-order valence-electron chi connectivity index (χ3n) is 6.89. The Balaban J connectivity index is 1.52. The van der Waals surface area contributed by atoms with Gasteiger partial charge in [-0.3, -0.25) is 9.59 Å². The van der Waals surface area contributed by atoms with Crippen LogP contribution in [-0.4, -0.2) is 44.9 Å². The molecule has 0 radical (unpaired) electrons. The number of carbonyl (C=O) groups excluding carboxylic acids is 2. The van der Waals surface area contributed by atoms with Gasteiger partial charge >= 0.3 is 0 Å². The van der Waals surface area contributed by atoms with Gasteiger partial charge in [0.2, 0.25) is 11.8 Å². The van der Waals surface area contributed by atoms with Crippen molar-refractivity contribution in [2.24, 2.45) is 0 Å². The lowest BCUT2D eigenvalue weighted by Crippen LogP contribution is -2.46. The molecule has 1 aliphatic carbocycles. The zero-order valence-electron chi connectivity index (χ0n) is 20.9. The minimum atomic E-state index is -0.796. The molecule has 1 heterocycles. The van der Waals surface area contributed by atoms with E-state index in [9.17, 15) is 9.59 Å². The van der Waals surface area contributed by atoms with Crippen molar-refractivity contribution in [3.05, 3.63) is 90.0 Å². The van der Waals surface area contributed by atoms with E-state index in [2.05, 4.69) is 15.6 Å².